The van der Waals surface area contributed by atoms with E-state index in [1.807, 2.05) is 0 Å². The first-order valence-corrected chi connectivity index (χ1v) is 5.43. The van der Waals surface area contributed by atoms with Crippen LogP contribution in [0.25, 0.3) is 0 Å². The van der Waals surface area contributed by atoms with Crippen molar-refractivity contribution in [2.24, 2.45) is 5.50 Å². The average Bonchev–Trinajstić information content (AvgIpc) is 1.91. The summed E-state index contributed by atoms with van der Waals surface area (Å²) >= 11 is 0. The number of nitrogens with two attached hydrogens (primary N) is 1. The molecule has 0 aromatic heterocycles. The lowest BCUT2D eigenvalue weighted by Crippen LogP contribution is -2.01. The van der Waals surface area contributed by atoms with Crippen molar-refractivity contribution in [1.29, 1.82) is 0 Å². The molecule has 2 N–H and O–H groups in total. The van der Waals surface area contributed by atoms with Crippen molar-refractivity contribution in [1.82, 2.24) is 0 Å². The third kappa shape index (κ3) is 2.64. The van der Waals surface area contributed by atoms with E-state index >= 15 is 0 Å². The van der Waals surface area contributed by atoms with E-state index in [4.69, 9.17) is 10.0 Å². The van der Waals surface area contributed by atoms with Gasteiger partial charge in [-0.15, -0.1) is 0 Å². The fourth-order valence-corrected chi connectivity index (χ4v) is 1.25. The molecule has 0 amide bonds. The summed E-state index contributed by atoms with van der Waals surface area (Å²) in [6.45, 7) is 1.22. The lowest BCUT2D eigenvalue weighted by molar-refractivity contribution is 0.464. The van der Waals surface area contributed by atoms with Gasteiger partial charge in [0, 0.05) is 6.66 Å². The first kappa shape index (κ1) is 9.23. The predicted molar refractivity (Wildman–Crippen MR) is 44.7 cm³/mol. The molecule has 0 aliphatic rings. The summed E-state index contributed by atoms with van der Waals surface area (Å²) < 4.78 is 28.4. The van der Waals surface area contributed by atoms with Crippen LogP contribution in [0.5, 0.6) is 5.75 Å². The quantitative estimate of drug-likeness (QED) is 0.723. The molecular formula is C7H9FNO2P. The van der Waals surface area contributed by atoms with Crippen LogP contribution in [-0.2, 0) is 4.57 Å². The molecule has 0 aliphatic heterocycles. The minimum absolute atomic E-state index is 0.0779. The topological polar surface area (TPSA) is 52.3 Å². The first-order chi connectivity index (χ1) is 5.49. The summed E-state index contributed by atoms with van der Waals surface area (Å²) in [6.07, 6.45) is 0. The Morgan fingerprint density at radius 2 is 2.08 bits per heavy atom. The molecule has 0 fully saturated rings. The smallest absolute Gasteiger partial charge is 0.311 e. The molecular weight excluding hydrogens is 180 g/mol. The van der Waals surface area contributed by atoms with Crippen LogP contribution in [-0.4, -0.2) is 6.66 Å². The molecule has 0 bridgehead atoms. The second kappa shape index (κ2) is 3.25. The Hall–Kier alpha value is -0.860. The van der Waals surface area contributed by atoms with Crippen molar-refractivity contribution in [3.63, 3.8) is 0 Å². The molecule has 12 heavy (non-hydrogen) atoms. The molecule has 1 aromatic rings. The van der Waals surface area contributed by atoms with Crippen molar-refractivity contribution < 1.29 is 13.5 Å². The molecule has 0 saturated carbocycles. The van der Waals surface area contributed by atoms with E-state index < -0.39 is 13.3 Å². The maximum atomic E-state index is 12.8. The van der Waals surface area contributed by atoms with Gasteiger partial charge in [0.05, 0.1) is 0 Å². The minimum Gasteiger partial charge on any atom is -0.430 e. The zero-order valence-corrected chi connectivity index (χ0v) is 7.42. The number of para-hydroxylation sites is 1. The third-order valence-corrected chi connectivity index (χ3v) is 1.68. The van der Waals surface area contributed by atoms with Gasteiger partial charge in [0.2, 0.25) is 0 Å². The van der Waals surface area contributed by atoms with Gasteiger partial charge in [-0.25, -0.2) is 9.89 Å². The predicted octanol–water partition coefficient (Wildman–Crippen LogP) is 1.99. The van der Waals surface area contributed by atoms with Gasteiger partial charge >= 0.3 is 7.52 Å². The van der Waals surface area contributed by atoms with Gasteiger partial charge < -0.3 is 4.52 Å². The highest BCUT2D eigenvalue weighted by molar-refractivity contribution is 7.56. The van der Waals surface area contributed by atoms with E-state index in [-0.39, 0.29) is 5.75 Å². The molecule has 66 valence electrons. The number of hydrogen-bond acceptors (Lipinski definition) is 2. The molecule has 0 radical (unpaired) electrons. The zero-order chi connectivity index (χ0) is 9.19. The second-order valence-electron chi connectivity index (χ2n) is 2.43. The first-order valence-electron chi connectivity index (χ1n) is 3.29. The number of hydrogen-bond donors (Lipinski definition) is 1. The fraction of sp³-hybridized carbons (Fsp3) is 0.143. The van der Waals surface area contributed by atoms with Crippen molar-refractivity contribution in [3.05, 3.63) is 30.1 Å². The van der Waals surface area contributed by atoms with E-state index in [0.29, 0.717) is 0 Å². The summed E-state index contributed by atoms with van der Waals surface area (Å²) in [4.78, 5) is 0. The van der Waals surface area contributed by atoms with Crippen LogP contribution in [0.15, 0.2) is 24.3 Å². The highest BCUT2D eigenvalue weighted by Crippen LogP contribution is 2.35. The Morgan fingerprint density at radius 1 is 1.50 bits per heavy atom. The normalized spacial score (nSPS) is 15.2. The summed E-state index contributed by atoms with van der Waals surface area (Å²) in [5, 5.41) is 0. The van der Waals surface area contributed by atoms with Crippen LogP contribution < -0.4 is 10.0 Å². The van der Waals surface area contributed by atoms with E-state index in [1.165, 1.54) is 24.9 Å². The lowest BCUT2D eigenvalue weighted by atomic mass is 10.3. The van der Waals surface area contributed by atoms with Gasteiger partial charge in [0.1, 0.15) is 0 Å². The van der Waals surface area contributed by atoms with Gasteiger partial charge in [0.15, 0.2) is 11.6 Å². The number of rotatable bonds is 2. The molecule has 1 aromatic carbocycles. The average molecular weight is 189 g/mol. The van der Waals surface area contributed by atoms with Crippen molar-refractivity contribution in [3.8, 4) is 5.75 Å². The molecule has 3 nitrogen and oxygen atoms in total. The minimum atomic E-state index is -3.15. The number of benzene rings is 1. The second-order valence-corrected chi connectivity index (χ2v) is 4.43. The fourth-order valence-electron chi connectivity index (χ4n) is 0.714. The Balaban J connectivity index is 2.90. The standard InChI is InChI=1S/C7H9FNO2P/c1-12(9,10)11-7-5-3-2-4-6(7)8/h2-5H,1H3,(H2,9,10)/t12-/m0/s1. The monoisotopic (exact) mass is 189 g/mol. The van der Waals surface area contributed by atoms with Crippen molar-refractivity contribution in [2.75, 3.05) is 6.66 Å². The van der Waals surface area contributed by atoms with Gasteiger partial charge in [0.25, 0.3) is 0 Å². The lowest BCUT2D eigenvalue weighted by Gasteiger charge is -2.09. The van der Waals surface area contributed by atoms with Gasteiger partial charge in [-0.1, -0.05) is 12.1 Å². The molecule has 5 heteroatoms. The van der Waals surface area contributed by atoms with Crippen LogP contribution in [0.2, 0.25) is 0 Å². The van der Waals surface area contributed by atoms with Crippen molar-refractivity contribution in [2.45, 2.75) is 0 Å². The molecule has 0 unspecified atom stereocenters. The Morgan fingerprint density at radius 3 is 2.58 bits per heavy atom. The Bertz CT molecular complexity index is 323. The summed E-state index contributed by atoms with van der Waals surface area (Å²) in [7, 11) is -3.15. The molecule has 0 aliphatic carbocycles. The van der Waals surface area contributed by atoms with Crippen LogP contribution in [0.1, 0.15) is 0 Å². The van der Waals surface area contributed by atoms with E-state index in [9.17, 15) is 8.96 Å². The maximum Gasteiger partial charge on any atom is 0.311 e. The van der Waals surface area contributed by atoms with Crippen LogP contribution in [0.4, 0.5) is 4.39 Å². The molecule has 0 saturated heterocycles. The highest BCUT2D eigenvalue weighted by atomic mass is 31.2. The van der Waals surface area contributed by atoms with E-state index in [0.717, 1.165) is 0 Å². The van der Waals surface area contributed by atoms with Crippen LogP contribution in [0.3, 0.4) is 0 Å². The molecule has 0 spiro atoms. The van der Waals surface area contributed by atoms with E-state index in [1.54, 1.807) is 6.07 Å². The Labute approximate surface area is 69.8 Å². The SMILES string of the molecule is C[P@](N)(=O)Oc1ccccc1F. The molecule has 1 atom stereocenters. The molecule has 0 heterocycles. The Kier molecular flexibility index (Phi) is 2.50. The van der Waals surface area contributed by atoms with Crippen LogP contribution in [0, 0.1) is 5.82 Å². The van der Waals surface area contributed by atoms with Gasteiger partial charge in [-0.3, -0.25) is 4.57 Å². The number of halogens is 1. The summed E-state index contributed by atoms with van der Waals surface area (Å²) in [5.41, 5.74) is 5.10. The summed E-state index contributed by atoms with van der Waals surface area (Å²) in [6, 6.07) is 5.68. The van der Waals surface area contributed by atoms with E-state index in [2.05, 4.69) is 0 Å². The largest absolute Gasteiger partial charge is 0.430 e. The van der Waals surface area contributed by atoms with Crippen molar-refractivity contribution >= 4 is 7.52 Å². The maximum absolute atomic E-state index is 12.8. The summed E-state index contributed by atoms with van der Waals surface area (Å²) in [5.74, 6) is -0.643. The van der Waals surface area contributed by atoms with Crippen LogP contribution >= 0.6 is 7.52 Å². The van der Waals surface area contributed by atoms with Gasteiger partial charge in [-0.05, 0) is 12.1 Å². The van der Waals surface area contributed by atoms with Gasteiger partial charge in [-0.2, -0.15) is 0 Å². The third-order valence-electron chi connectivity index (χ3n) is 1.12. The highest BCUT2D eigenvalue weighted by Gasteiger charge is 2.12. The zero-order valence-electron chi connectivity index (χ0n) is 6.53. The molecule has 1 rings (SSSR count).